The van der Waals surface area contributed by atoms with Crippen LogP contribution in [0.5, 0.6) is 5.75 Å². The lowest BCUT2D eigenvalue weighted by Gasteiger charge is -2.38. The second-order valence-electron chi connectivity index (χ2n) is 9.23. The van der Waals surface area contributed by atoms with Crippen molar-refractivity contribution in [3.8, 4) is 5.75 Å². The lowest BCUT2D eigenvalue weighted by molar-refractivity contribution is -0.146. The highest BCUT2D eigenvalue weighted by Gasteiger charge is 2.35. The van der Waals surface area contributed by atoms with Gasteiger partial charge in [0.05, 0.1) is 18.5 Å². The minimum absolute atomic E-state index is 0.0261. The number of pyridine rings is 1. The Hall–Kier alpha value is -2.21. The summed E-state index contributed by atoms with van der Waals surface area (Å²) in [6.45, 7) is 2.55. The van der Waals surface area contributed by atoms with Crippen molar-refractivity contribution >= 4 is 16.9 Å². The predicted molar refractivity (Wildman–Crippen MR) is 119 cm³/mol. The molecule has 0 spiro atoms. The van der Waals surface area contributed by atoms with Crippen LogP contribution in [0.15, 0.2) is 30.5 Å². The molecule has 1 N–H and O–H groups in total. The molecule has 2 aromatic rings. The fraction of sp³-hybridized carbons (Fsp3) is 0.600. The number of rotatable bonds is 8. The maximum Gasteiger partial charge on any atom is 0.308 e. The van der Waals surface area contributed by atoms with Gasteiger partial charge in [0.15, 0.2) is 0 Å². The molecule has 1 saturated heterocycles. The van der Waals surface area contributed by atoms with Crippen molar-refractivity contribution in [2.45, 2.75) is 51.1 Å². The highest BCUT2D eigenvalue weighted by Crippen LogP contribution is 2.36. The molecule has 3 atom stereocenters. The van der Waals surface area contributed by atoms with Crippen LogP contribution in [-0.2, 0) is 4.79 Å². The average molecular weight is 429 g/mol. The third-order valence-electron chi connectivity index (χ3n) is 7.26. The van der Waals surface area contributed by atoms with E-state index in [1.165, 1.54) is 25.7 Å². The van der Waals surface area contributed by atoms with Crippen LogP contribution in [0.25, 0.3) is 10.9 Å². The molecule has 1 aliphatic heterocycles. The van der Waals surface area contributed by atoms with Crippen LogP contribution in [0.2, 0.25) is 0 Å². The number of carboxylic acid groups (broad SMARTS) is 1. The molecule has 168 valence electrons. The molecule has 0 radical (unpaired) electrons. The predicted octanol–water partition coefficient (Wildman–Crippen LogP) is 5.25. The van der Waals surface area contributed by atoms with Crippen molar-refractivity contribution in [2.24, 2.45) is 17.8 Å². The quantitative estimate of drug-likeness (QED) is 0.622. The maximum absolute atomic E-state index is 15.3. The van der Waals surface area contributed by atoms with Gasteiger partial charge in [-0.1, -0.05) is 12.8 Å². The first-order chi connectivity index (χ1) is 15.0. The summed E-state index contributed by atoms with van der Waals surface area (Å²) in [6, 6.07) is 7.21. The van der Waals surface area contributed by atoms with E-state index in [4.69, 9.17) is 4.74 Å². The number of methoxy groups -OCH3 is 1. The fourth-order valence-corrected chi connectivity index (χ4v) is 5.48. The van der Waals surface area contributed by atoms with Crippen molar-refractivity contribution in [3.05, 3.63) is 36.0 Å². The van der Waals surface area contributed by atoms with Crippen molar-refractivity contribution in [3.63, 3.8) is 0 Å². The Kier molecular flexibility index (Phi) is 7.06. The first-order valence-corrected chi connectivity index (χ1v) is 11.6. The van der Waals surface area contributed by atoms with Gasteiger partial charge in [-0.2, -0.15) is 0 Å². The number of alkyl halides is 1. The fourth-order valence-electron chi connectivity index (χ4n) is 5.48. The number of aliphatic carboxylic acids is 1. The molecule has 2 fully saturated rings. The largest absolute Gasteiger partial charge is 0.497 e. The van der Waals surface area contributed by atoms with Gasteiger partial charge in [-0.25, -0.2) is 4.39 Å². The van der Waals surface area contributed by atoms with E-state index >= 15 is 4.39 Å². The van der Waals surface area contributed by atoms with E-state index in [1.54, 1.807) is 19.4 Å². The Morgan fingerprint density at radius 2 is 2.10 bits per heavy atom. The van der Waals surface area contributed by atoms with Gasteiger partial charge in [0, 0.05) is 24.7 Å². The standard InChI is InChI=1S/C25H33FN2O3/c1-31-19-7-9-24-21(14-19)20(10-12-27-24)23(26)8-6-18-11-13-28(16-22(18)25(29)30)15-17-4-2-3-5-17/h7,9-10,12,14,17-18,22-23H,2-6,8,11,13,15-16H2,1H3,(H,29,30)/t18-,22+,23-/m1/s1. The van der Waals surface area contributed by atoms with Crippen molar-refractivity contribution < 1.29 is 19.0 Å². The third-order valence-corrected chi connectivity index (χ3v) is 7.26. The van der Waals surface area contributed by atoms with Crippen LogP contribution in [0.3, 0.4) is 0 Å². The summed E-state index contributed by atoms with van der Waals surface area (Å²) in [5, 5.41) is 10.6. The number of nitrogens with zero attached hydrogens (tertiary/aromatic N) is 2. The number of halogens is 1. The Balaban J connectivity index is 1.40. The van der Waals surface area contributed by atoms with Gasteiger partial charge in [-0.3, -0.25) is 9.78 Å². The van der Waals surface area contributed by atoms with Gasteiger partial charge in [0.25, 0.3) is 0 Å². The number of hydrogen-bond acceptors (Lipinski definition) is 4. The maximum atomic E-state index is 15.3. The van der Waals surface area contributed by atoms with E-state index < -0.39 is 18.1 Å². The molecule has 6 heteroatoms. The van der Waals surface area contributed by atoms with Crippen molar-refractivity contribution in [2.75, 3.05) is 26.7 Å². The number of likely N-dealkylation sites (tertiary alicyclic amines) is 1. The smallest absolute Gasteiger partial charge is 0.308 e. The Morgan fingerprint density at radius 3 is 2.84 bits per heavy atom. The van der Waals surface area contributed by atoms with E-state index in [-0.39, 0.29) is 5.92 Å². The molecule has 1 aromatic carbocycles. The van der Waals surface area contributed by atoms with Gasteiger partial charge in [0.2, 0.25) is 0 Å². The molecule has 0 unspecified atom stereocenters. The minimum atomic E-state index is -1.15. The van der Waals surface area contributed by atoms with Gasteiger partial charge < -0.3 is 14.7 Å². The summed E-state index contributed by atoms with van der Waals surface area (Å²) in [4.78, 5) is 18.6. The number of aromatic nitrogens is 1. The SMILES string of the molecule is COc1ccc2nccc([C@H](F)CC[C@@H]3CCN(CC4CCCC4)C[C@@H]3C(=O)O)c2c1. The number of benzene rings is 1. The van der Waals surface area contributed by atoms with Crippen LogP contribution in [0.4, 0.5) is 4.39 Å². The number of hydrogen-bond donors (Lipinski definition) is 1. The van der Waals surface area contributed by atoms with Crippen LogP contribution in [0, 0.1) is 17.8 Å². The third kappa shape index (κ3) is 5.17. The monoisotopic (exact) mass is 428 g/mol. The summed E-state index contributed by atoms with van der Waals surface area (Å²) in [5.74, 6) is 0.276. The average Bonchev–Trinajstić information content (AvgIpc) is 3.30. The molecule has 0 amide bonds. The summed E-state index contributed by atoms with van der Waals surface area (Å²) in [6.07, 6.45) is 7.38. The van der Waals surface area contributed by atoms with Crippen LogP contribution in [-0.4, -0.2) is 47.7 Å². The van der Waals surface area contributed by atoms with Crippen LogP contribution >= 0.6 is 0 Å². The number of carboxylic acids is 1. The molecular formula is C25H33FN2O3. The zero-order valence-electron chi connectivity index (χ0n) is 18.3. The van der Waals surface area contributed by atoms with E-state index in [2.05, 4.69) is 9.88 Å². The summed E-state index contributed by atoms with van der Waals surface area (Å²) < 4.78 is 20.6. The first-order valence-electron chi connectivity index (χ1n) is 11.6. The van der Waals surface area contributed by atoms with Crippen LogP contribution in [0.1, 0.15) is 56.7 Å². The first kappa shape index (κ1) is 22.0. The minimum Gasteiger partial charge on any atom is -0.497 e. The lowest BCUT2D eigenvalue weighted by atomic mass is 9.81. The highest BCUT2D eigenvalue weighted by molar-refractivity contribution is 5.83. The second kappa shape index (κ2) is 9.94. The molecule has 4 rings (SSSR count). The molecule has 2 aliphatic rings. The zero-order chi connectivity index (χ0) is 21.8. The van der Waals surface area contributed by atoms with E-state index in [0.717, 1.165) is 36.3 Å². The Bertz CT molecular complexity index is 899. The molecule has 1 aliphatic carbocycles. The number of piperidine rings is 1. The zero-order valence-corrected chi connectivity index (χ0v) is 18.3. The lowest BCUT2D eigenvalue weighted by Crippen LogP contribution is -2.45. The van der Waals surface area contributed by atoms with Crippen molar-refractivity contribution in [1.82, 2.24) is 9.88 Å². The summed E-state index contributed by atoms with van der Waals surface area (Å²) >= 11 is 0. The van der Waals surface area contributed by atoms with Gasteiger partial charge >= 0.3 is 5.97 Å². The molecule has 2 heterocycles. The van der Waals surface area contributed by atoms with Gasteiger partial charge in [-0.05, 0) is 80.3 Å². The molecule has 0 bridgehead atoms. The van der Waals surface area contributed by atoms with Gasteiger partial charge in [0.1, 0.15) is 11.9 Å². The highest BCUT2D eigenvalue weighted by atomic mass is 19.1. The van der Waals surface area contributed by atoms with E-state index in [0.29, 0.717) is 30.7 Å². The second-order valence-corrected chi connectivity index (χ2v) is 9.23. The molecule has 1 aromatic heterocycles. The molecule has 31 heavy (non-hydrogen) atoms. The van der Waals surface area contributed by atoms with Crippen molar-refractivity contribution in [1.29, 1.82) is 0 Å². The van der Waals surface area contributed by atoms with Gasteiger partial charge in [-0.15, -0.1) is 0 Å². The summed E-state index contributed by atoms with van der Waals surface area (Å²) in [7, 11) is 1.59. The number of ether oxygens (including phenoxy) is 1. The molecule has 1 saturated carbocycles. The topological polar surface area (TPSA) is 62.7 Å². The molecular weight excluding hydrogens is 395 g/mol. The molecule has 5 nitrogen and oxygen atoms in total. The Morgan fingerprint density at radius 1 is 1.29 bits per heavy atom. The number of carbonyl (C=O) groups is 1. The normalized spacial score (nSPS) is 23.8. The van der Waals surface area contributed by atoms with Crippen LogP contribution < -0.4 is 4.74 Å². The number of fused-ring (bicyclic) bond motifs is 1. The Labute approximate surface area is 183 Å². The van der Waals surface area contributed by atoms with E-state index in [1.807, 2.05) is 18.2 Å². The van der Waals surface area contributed by atoms with E-state index in [9.17, 15) is 9.90 Å². The summed E-state index contributed by atoms with van der Waals surface area (Å²) in [5.41, 5.74) is 1.35.